The number of hydrogen-bond donors (Lipinski definition) is 2. The van der Waals surface area contributed by atoms with Crippen LogP contribution in [0.15, 0.2) is 45.9 Å². The minimum atomic E-state index is -3.77. The average molecular weight is 294 g/mol. The van der Waals surface area contributed by atoms with Gasteiger partial charge < -0.3 is 9.73 Å². The van der Waals surface area contributed by atoms with Crippen LogP contribution in [-0.2, 0) is 16.6 Å². The van der Waals surface area contributed by atoms with E-state index in [2.05, 4.69) is 24.4 Å². The third-order valence-corrected chi connectivity index (χ3v) is 3.94. The molecule has 6 heteroatoms. The first kappa shape index (κ1) is 14.8. The molecule has 2 rings (SSSR count). The Morgan fingerprint density at radius 3 is 2.55 bits per heavy atom. The van der Waals surface area contributed by atoms with Crippen LogP contribution in [0, 0.1) is 6.92 Å². The van der Waals surface area contributed by atoms with Gasteiger partial charge in [0.1, 0.15) is 5.76 Å². The van der Waals surface area contributed by atoms with E-state index < -0.39 is 10.0 Å². The highest BCUT2D eigenvalue weighted by Crippen LogP contribution is 2.18. The molecule has 1 unspecified atom stereocenters. The van der Waals surface area contributed by atoms with Crippen LogP contribution in [0.1, 0.15) is 29.9 Å². The van der Waals surface area contributed by atoms with Crippen molar-refractivity contribution in [3.8, 4) is 0 Å². The Hall–Kier alpha value is -1.63. The quantitative estimate of drug-likeness (QED) is 0.884. The number of primary sulfonamides is 1. The summed E-state index contributed by atoms with van der Waals surface area (Å²) in [6.45, 7) is 4.54. The van der Waals surface area contributed by atoms with Gasteiger partial charge in [0, 0.05) is 6.04 Å². The van der Waals surface area contributed by atoms with Crippen LogP contribution in [0.4, 0.5) is 0 Å². The molecule has 0 aliphatic rings. The highest BCUT2D eigenvalue weighted by molar-refractivity contribution is 7.89. The Kier molecular flexibility index (Phi) is 4.27. The molecule has 1 heterocycles. The van der Waals surface area contributed by atoms with Gasteiger partial charge in [0.15, 0.2) is 0 Å². The highest BCUT2D eigenvalue weighted by Gasteiger charge is 2.14. The van der Waals surface area contributed by atoms with E-state index in [0.717, 1.165) is 0 Å². The van der Waals surface area contributed by atoms with Crippen LogP contribution in [0.3, 0.4) is 0 Å². The first-order chi connectivity index (χ1) is 9.38. The van der Waals surface area contributed by atoms with Gasteiger partial charge in [-0.05, 0) is 37.1 Å². The molecule has 0 amide bonds. The number of nitrogens with two attached hydrogens (primary N) is 1. The number of furan rings is 1. The molecule has 0 radical (unpaired) electrons. The number of hydrogen-bond acceptors (Lipinski definition) is 4. The van der Waals surface area contributed by atoms with Crippen molar-refractivity contribution in [2.24, 2.45) is 5.14 Å². The molecule has 108 valence electrons. The first-order valence-electron chi connectivity index (χ1n) is 6.28. The topological polar surface area (TPSA) is 85.3 Å². The Morgan fingerprint density at radius 1 is 1.25 bits per heavy atom. The van der Waals surface area contributed by atoms with Crippen LogP contribution < -0.4 is 10.5 Å². The Balaban J connectivity index is 2.02. The van der Waals surface area contributed by atoms with Gasteiger partial charge in [-0.3, -0.25) is 0 Å². The zero-order chi connectivity index (χ0) is 14.8. The summed E-state index contributed by atoms with van der Waals surface area (Å²) in [5.74, 6) is 0.537. The van der Waals surface area contributed by atoms with Gasteiger partial charge in [0.25, 0.3) is 10.0 Å². The lowest BCUT2D eigenvalue weighted by molar-refractivity contribution is 0.393. The maximum atomic E-state index is 11.1. The molecular weight excluding hydrogens is 276 g/mol. The van der Waals surface area contributed by atoms with Crippen molar-refractivity contribution in [1.82, 2.24) is 5.32 Å². The maximum Gasteiger partial charge on any atom is 0.271 e. The summed E-state index contributed by atoms with van der Waals surface area (Å²) in [4.78, 5) is 0. The van der Waals surface area contributed by atoms with Gasteiger partial charge in [-0.2, -0.15) is 0 Å². The van der Waals surface area contributed by atoms with Gasteiger partial charge in [0.2, 0.25) is 5.09 Å². The van der Waals surface area contributed by atoms with Gasteiger partial charge in [0.05, 0.1) is 6.54 Å². The number of aryl methyl sites for hydroxylation is 1. The van der Waals surface area contributed by atoms with Crippen molar-refractivity contribution in [3.05, 3.63) is 53.3 Å². The van der Waals surface area contributed by atoms with E-state index in [4.69, 9.17) is 9.56 Å². The van der Waals surface area contributed by atoms with Crippen molar-refractivity contribution >= 4 is 10.0 Å². The van der Waals surface area contributed by atoms with Crippen molar-refractivity contribution in [1.29, 1.82) is 0 Å². The van der Waals surface area contributed by atoms with Gasteiger partial charge in [-0.25, -0.2) is 13.6 Å². The standard InChI is InChI=1S/C14H18N2O3S/c1-10-5-3-4-6-13(10)11(2)16-9-12-7-8-14(19-12)20(15,17)18/h3-8,11,16H,9H2,1-2H3,(H2,15,17,18). The van der Waals surface area contributed by atoms with Crippen LogP contribution >= 0.6 is 0 Å². The normalized spacial score (nSPS) is 13.3. The van der Waals surface area contributed by atoms with E-state index in [-0.39, 0.29) is 11.1 Å². The molecule has 0 saturated heterocycles. The molecular formula is C14H18N2O3S. The smallest absolute Gasteiger partial charge is 0.271 e. The summed E-state index contributed by atoms with van der Waals surface area (Å²) in [6, 6.07) is 11.2. The second kappa shape index (κ2) is 5.78. The van der Waals surface area contributed by atoms with Crippen LogP contribution in [-0.4, -0.2) is 8.42 Å². The minimum Gasteiger partial charge on any atom is -0.447 e. The van der Waals surface area contributed by atoms with E-state index in [1.54, 1.807) is 6.07 Å². The highest BCUT2D eigenvalue weighted by atomic mass is 32.2. The number of nitrogens with one attached hydrogen (secondary N) is 1. The summed E-state index contributed by atoms with van der Waals surface area (Å²) in [5.41, 5.74) is 2.41. The Morgan fingerprint density at radius 2 is 1.95 bits per heavy atom. The molecule has 1 aromatic heterocycles. The monoisotopic (exact) mass is 294 g/mol. The molecule has 2 aromatic rings. The minimum absolute atomic E-state index is 0.138. The third kappa shape index (κ3) is 3.47. The fourth-order valence-corrected chi connectivity index (χ4v) is 2.52. The van der Waals surface area contributed by atoms with E-state index in [1.165, 1.54) is 17.2 Å². The lowest BCUT2D eigenvalue weighted by atomic mass is 10.0. The third-order valence-electron chi connectivity index (χ3n) is 3.15. The maximum absolute atomic E-state index is 11.1. The molecule has 3 N–H and O–H groups in total. The second-order valence-electron chi connectivity index (χ2n) is 4.72. The average Bonchev–Trinajstić information content (AvgIpc) is 2.85. The van der Waals surface area contributed by atoms with Gasteiger partial charge >= 0.3 is 0 Å². The Bertz CT molecular complexity index is 692. The van der Waals surface area contributed by atoms with E-state index >= 15 is 0 Å². The lowest BCUT2D eigenvalue weighted by Crippen LogP contribution is -2.18. The molecule has 0 saturated carbocycles. The molecule has 20 heavy (non-hydrogen) atoms. The van der Waals surface area contributed by atoms with Crippen LogP contribution in [0.5, 0.6) is 0 Å². The predicted molar refractivity (Wildman–Crippen MR) is 76.5 cm³/mol. The zero-order valence-corrected chi connectivity index (χ0v) is 12.3. The molecule has 0 bridgehead atoms. The zero-order valence-electron chi connectivity index (χ0n) is 11.5. The molecule has 0 aliphatic heterocycles. The predicted octanol–water partition coefficient (Wildman–Crippen LogP) is 2.09. The summed E-state index contributed by atoms with van der Waals surface area (Å²) in [5, 5.41) is 8.08. The van der Waals surface area contributed by atoms with E-state index in [0.29, 0.717) is 12.3 Å². The lowest BCUT2D eigenvalue weighted by Gasteiger charge is -2.15. The second-order valence-corrected chi connectivity index (χ2v) is 6.22. The van der Waals surface area contributed by atoms with Gasteiger partial charge in [-0.15, -0.1) is 0 Å². The molecule has 0 fully saturated rings. The van der Waals surface area contributed by atoms with Crippen LogP contribution in [0.2, 0.25) is 0 Å². The number of rotatable bonds is 5. The molecule has 1 aromatic carbocycles. The van der Waals surface area contributed by atoms with Crippen molar-refractivity contribution < 1.29 is 12.8 Å². The summed E-state index contributed by atoms with van der Waals surface area (Å²) in [6.07, 6.45) is 0. The van der Waals surface area contributed by atoms with E-state index in [9.17, 15) is 8.42 Å². The summed E-state index contributed by atoms with van der Waals surface area (Å²) >= 11 is 0. The SMILES string of the molecule is Cc1ccccc1C(C)NCc1ccc(S(N)(=O)=O)o1. The van der Waals surface area contributed by atoms with Crippen molar-refractivity contribution in [2.45, 2.75) is 31.5 Å². The summed E-state index contributed by atoms with van der Waals surface area (Å²) < 4.78 is 27.4. The Labute approximate surface area is 118 Å². The molecule has 0 spiro atoms. The summed E-state index contributed by atoms with van der Waals surface area (Å²) in [7, 11) is -3.77. The largest absolute Gasteiger partial charge is 0.447 e. The first-order valence-corrected chi connectivity index (χ1v) is 7.83. The molecule has 5 nitrogen and oxygen atoms in total. The number of sulfonamides is 1. The van der Waals surface area contributed by atoms with Crippen LogP contribution in [0.25, 0.3) is 0 Å². The fraction of sp³-hybridized carbons (Fsp3) is 0.286. The number of benzene rings is 1. The van der Waals surface area contributed by atoms with Gasteiger partial charge in [-0.1, -0.05) is 24.3 Å². The fourth-order valence-electron chi connectivity index (χ4n) is 2.04. The molecule has 0 aliphatic carbocycles. The molecule has 1 atom stereocenters. The van der Waals surface area contributed by atoms with Crippen molar-refractivity contribution in [3.63, 3.8) is 0 Å². The van der Waals surface area contributed by atoms with Crippen molar-refractivity contribution in [2.75, 3.05) is 0 Å². The van der Waals surface area contributed by atoms with E-state index in [1.807, 2.05) is 19.1 Å².